The van der Waals surface area contributed by atoms with Crippen LogP contribution in [0.3, 0.4) is 0 Å². The highest BCUT2D eigenvalue weighted by Gasteiger charge is 2.25. The van der Waals surface area contributed by atoms with Crippen LogP contribution in [0.2, 0.25) is 0 Å². The lowest BCUT2D eigenvalue weighted by molar-refractivity contribution is -0.133. The number of hydrogen-bond donors (Lipinski definition) is 1. The number of carboxylic acids is 1. The number of thioether (sulfide) groups is 1. The predicted molar refractivity (Wildman–Crippen MR) is 78.8 cm³/mol. The Kier molecular flexibility index (Phi) is 5.05. The van der Waals surface area contributed by atoms with Crippen LogP contribution in [-0.2, 0) is 4.79 Å². The topological polar surface area (TPSA) is 54.4 Å². The number of Topliss-reactive ketones (excluding diaryl/α,β-unsaturated/α-hetero) is 1. The lowest BCUT2D eigenvalue weighted by Crippen LogP contribution is -2.12. The summed E-state index contributed by atoms with van der Waals surface area (Å²) in [5.41, 5.74) is 0.668. The fourth-order valence-electron chi connectivity index (χ4n) is 2.37. The van der Waals surface area contributed by atoms with Crippen molar-refractivity contribution in [2.24, 2.45) is 5.92 Å². The van der Waals surface area contributed by atoms with Crippen LogP contribution >= 0.6 is 27.7 Å². The number of halogens is 1. The minimum Gasteiger partial charge on any atom is -0.481 e. The van der Waals surface area contributed by atoms with Gasteiger partial charge >= 0.3 is 5.97 Å². The third kappa shape index (κ3) is 3.83. The molecular formula is C14H15BrO3S. The molecule has 2 rings (SSSR count). The summed E-state index contributed by atoms with van der Waals surface area (Å²) in [4.78, 5) is 23.9. The number of benzene rings is 1. The molecule has 0 aliphatic heterocycles. The highest BCUT2D eigenvalue weighted by atomic mass is 79.9. The zero-order chi connectivity index (χ0) is 13.8. The van der Waals surface area contributed by atoms with Crippen LogP contribution in [0.15, 0.2) is 27.6 Å². The van der Waals surface area contributed by atoms with E-state index >= 15 is 0 Å². The Bertz CT molecular complexity index is 495. The van der Waals surface area contributed by atoms with Gasteiger partial charge < -0.3 is 5.11 Å². The molecule has 1 saturated carbocycles. The molecule has 0 bridgehead atoms. The van der Waals surface area contributed by atoms with E-state index in [9.17, 15) is 9.59 Å². The number of hydrogen-bond acceptors (Lipinski definition) is 3. The van der Waals surface area contributed by atoms with Gasteiger partial charge in [0.2, 0.25) is 0 Å². The first-order valence-corrected chi connectivity index (χ1v) is 8.04. The fraction of sp³-hybridized carbons (Fsp3) is 0.429. The summed E-state index contributed by atoms with van der Waals surface area (Å²) in [5.74, 6) is -0.617. The molecule has 0 heterocycles. The predicted octanol–water partition coefficient (Wildman–Crippen LogP) is 4.00. The second kappa shape index (κ2) is 6.57. The van der Waals surface area contributed by atoms with Gasteiger partial charge in [-0.25, -0.2) is 0 Å². The van der Waals surface area contributed by atoms with Crippen molar-refractivity contribution < 1.29 is 14.7 Å². The van der Waals surface area contributed by atoms with Crippen LogP contribution in [0.5, 0.6) is 0 Å². The molecule has 0 radical (unpaired) electrons. The average molecular weight is 343 g/mol. The third-order valence-electron chi connectivity index (χ3n) is 3.29. The summed E-state index contributed by atoms with van der Waals surface area (Å²) in [6.07, 6.45) is 4.14. The van der Waals surface area contributed by atoms with E-state index in [1.165, 1.54) is 11.8 Å². The first-order valence-electron chi connectivity index (χ1n) is 6.26. The number of rotatable bonds is 5. The van der Waals surface area contributed by atoms with Gasteiger partial charge in [-0.05, 0) is 31.0 Å². The molecule has 0 atom stereocenters. The summed E-state index contributed by atoms with van der Waals surface area (Å²) in [6, 6.07) is 5.47. The number of carboxylic acid groups (broad SMARTS) is 1. The number of carbonyl (C=O) groups excluding carboxylic acids is 1. The van der Waals surface area contributed by atoms with Gasteiger partial charge in [0.1, 0.15) is 0 Å². The molecule has 19 heavy (non-hydrogen) atoms. The largest absolute Gasteiger partial charge is 0.481 e. The van der Waals surface area contributed by atoms with Crippen LogP contribution in [0.25, 0.3) is 0 Å². The lowest BCUT2D eigenvalue weighted by atomic mass is 9.96. The Labute approximate surface area is 124 Å². The Morgan fingerprint density at radius 1 is 1.32 bits per heavy atom. The third-order valence-corrected chi connectivity index (χ3v) is 4.82. The van der Waals surface area contributed by atoms with Gasteiger partial charge in [0.15, 0.2) is 5.78 Å². The molecule has 1 aliphatic rings. The van der Waals surface area contributed by atoms with Crippen molar-refractivity contribution in [1.29, 1.82) is 0 Å². The molecule has 1 fully saturated rings. The van der Waals surface area contributed by atoms with E-state index in [0.717, 1.165) is 35.1 Å². The molecular weight excluding hydrogens is 328 g/mol. The molecule has 0 spiro atoms. The molecule has 1 N–H and O–H groups in total. The van der Waals surface area contributed by atoms with E-state index in [2.05, 4.69) is 15.9 Å². The maximum Gasteiger partial charge on any atom is 0.313 e. The summed E-state index contributed by atoms with van der Waals surface area (Å²) in [6.45, 7) is 0. The molecule has 5 heteroatoms. The first kappa shape index (κ1) is 14.6. The number of aliphatic carboxylic acids is 1. The van der Waals surface area contributed by atoms with Gasteiger partial charge in [0, 0.05) is 20.8 Å². The van der Waals surface area contributed by atoms with Crippen molar-refractivity contribution in [3.05, 3.63) is 28.2 Å². The number of ketones is 1. The minimum atomic E-state index is -0.871. The van der Waals surface area contributed by atoms with Crippen molar-refractivity contribution in [2.45, 2.75) is 30.6 Å². The zero-order valence-corrected chi connectivity index (χ0v) is 12.8. The van der Waals surface area contributed by atoms with Gasteiger partial charge in [-0.1, -0.05) is 28.8 Å². The average Bonchev–Trinajstić information content (AvgIpc) is 2.89. The molecule has 0 amide bonds. The van der Waals surface area contributed by atoms with Crippen LogP contribution in [0.1, 0.15) is 36.0 Å². The summed E-state index contributed by atoms with van der Waals surface area (Å²) in [5, 5.41) is 8.77. The fourth-order valence-corrected chi connectivity index (χ4v) is 3.69. The molecule has 3 nitrogen and oxygen atoms in total. The van der Waals surface area contributed by atoms with Crippen molar-refractivity contribution in [1.82, 2.24) is 0 Å². The smallest absolute Gasteiger partial charge is 0.313 e. The van der Waals surface area contributed by atoms with Crippen LogP contribution in [0, 0.1) is 5.92 Å². The second-order valence-electron chi connectivity index (χ2n) is 4.67. The van der Waals surface area contributed by atoms with Gasteiger partial charge in [0.05, 0.1) is 5.75 Å². The first-order chi connectivity index (χ1) is 9.08. The van der Waals surface area contributed by atoms with Crippen molar-refractivity contribution in [3.8, 4) is 0 Å². The van der Waals surface area contributed by atoms with Gasteiger partial charge in [-0.15, -0.1) is 11.8 Å². The van der Waals surface area contributed by atoms with E-state index in [1.807, 2.05) is 12.1 Å². The Balaban J connectivity index is 2.22. The van der Waals surface area contributed by atoms with Crippen LogP contribution in [0.4, 0.5) is 0 Å². The summed E-state index contributed by atoms with van der Waals surface area (Å²) >= 11 is 4.57. The number of carbonyl (C=O) groups is 2. The van der Waals surface area contributed by atoms with E-state index in [0.29, 0.717) is 5.56 Å². The van der Waals surface area contributed by atoms with E-state index in [-0.39, 0.29) is 17.5 Å². The van der Waals surface area contributed by atoms with Crippen molar-refractivity contribution >= 4 is 39.4 Å². The van der Waals surface area contributed by atoms with E-state index in [1.54, 1.807) is 6.07 Å². The Hall–Kier alpha value is -0.810. The second-order valence-corrected chi connectivity index (χ2v) is 6.60. The lowest BCUT2D eigenvalue weighted by Gasteiger charge is -2.12. The van der Waals surface area contributed by atoms with Crippen molar-refractivity contribution in [2.75, 3.05) is 5.75 Å². The van der Waals surface area contributed by atoms with Gasteiger partial charge in [-0.2, -0.15) is 0 Å². The highest BCUT2D eigenvalue weighted by molar-refractivity contribution is 9.10. The molecule has 102 valence electrons. The van der Waals surface area contributed by atoms with Gasteiger partial charge in [-0.3, -0.25) is 9.59 Å². The molecule has 1 aromatic carbocycles. The monoisotopic (exact) mass is 342 g/mol. The van der Waals surface area contributed by atoms with E-state index in [4.69, 9.17) is 5.11 Å². The van der Waals surface area contributed by atoms with Crippen LogP contribution in [-0.4, -0.2) is 22.6 Å². The summed E-state index contributed by atoms with van der Waals surface area (Å²) in [7, 11) is 0. The normalized spacial score (nSPS) is 15.6. The molecule has 0 aromatic heterocycles. The zero-order valence-electron chi connectivity index (χ0n) is 10.4. The Morgan fingerprint density at radius 3 is 2.63 bits per heavy atom. The maximum atomic E-state index is 12.4. The molecule has 1 aliphatic carbocycles. The highest BCUT2D eigenvalue weighted by Crippen LogP contribution is 2.33. The standard InChI is InChI=1S/C14H15BrO3S/c15-10-5-6-11(12(7-10)19-8-13(16)17)14(18)9-3-1-2-4-9/h5-7,9H,1-4,8H2,(H,16,17). The SMILES string of the molecule is O=C(O)CSc1cc(Br)ccc1C(=O)C1CCCC1. The molecule has 1 aromatic rings. The molecule has 0 unspecified atom stereocenters. The Morgan fingerprint density at radius 2 is 2.00 bits per heavy atom. The van der Waals surface area contributed by atoms with Crippen molar-refractivity contribution in [3.63, 3.8) is 0 Å². The summed E-state index contributed by atoms with van der Waals surface area (Å²) < 4.78 is 0.864. The van der Waals surface area contributed by atoms with E-state index < -0.39 is 5.97 Å². The van der Waals surface area contributed by atoms with Gasteiger partial charge in [0.25, 0.3) is 0 Å². The molecule has 0 saturated heterocycles. The minimum absolute atomic E-state index is 0.0264. The maximum absolute atomic E-state index is 12.4. The quantitative estimate of drug-likeness (QED) is 0.649. The van der Waals surface area contributed by atoms with Crippen LogP contribution < -0.4 is 0 Å².